The highest BCUT2D eigenvalue weighted by Gasteiger charge is 2.24. The van der Waals surface area contributed by atoms with Crippen LogP contribution in [0.2, 0.25) is 0 Å². The zero-order chi connectivity index (χ0) is 13.1. The van der Waals surface area contributed by atoms with Crippen LogP contribution in [-0.4, -0.2) is 31.2 Å². The molecule has 0 aromatic heterocycles. The summed E-state index contributed by atoms with van der Waals surface area (Å²) in [5.74, 6) is 0.492. The molecule has 0 bridgehead atoms. The maximum atomic E-state index is 11.1. The van der Waals surface area contributed by atoms with Crippen LogP contribution < -0.4 is 15.4 Å². The van der Waals surface area contributed by atoms with E-state index in [4.69, 9.17) is 10.5 Å². The minimum Gasteiger partial charge on any atom is -0.496 e. The van der Waals surface area contributed by atoms with E-state index in [0.29, 0.717) is 18.0 Å². The Hall–Kier alpha value is -1.82. The van der Waals surface area contributed by atoms with Crippen molar-refractivity contribution >= 4 is 11.4 Å². The third kappa shape index (κ3) is 2.53. The monoisotopic (exact) mass is 251 g/mol. The molecule has 1 aliphatic rings. The molecule has 2 N–H and O–H groups in total. The molecule has 98 valence electrons. The van der Waals surface area contributed by atoms with Crippen molar-refractivity contribution in [3.8, 4) is 5.75 Å². The van der Waals surface area contributed by atoms with Gasteiger partial charge >= 0.3 is 0 Å². The van der Waals surface area contributed by atoms with Crippen molar-refractivity contribution in [3.63, 3.8) is 0 Å². The molecular weight excluding hydrogens is 234 g/mol. The predicted octanol–water partition coefficient (Wildman–Crippen LogP) is 1.53. The number of hydrogen-bond acceptors (Lipinski definition) is 5. The van der Waals surface area contributed by atoms with Crippen molar-refractivity contribution < 1.29 is 9.66 Å². The average molecular weight is 251 g/mol. The van der Waals surface area contributed by atoms with E-state index in [1.807, 2.05) is 4.90 Å². The first kappa shape index (κ1) is 12.6. The third-order valence-corrected chi connectivity index (χ3v) is 3.18. The molecule has 0 saturated carbocycles. The highest BCUT2D eigenvalue weighted by Crippen LogP contribution is 2.33. The number of nitrogens with two attached hydrogens (primary N) is 1. The Bertz CT molecular complexity index is 450. The average Bonchev–Trinajstić information content (AvgIpc) is 2.38. The number of benzene rings is 1. The Morgan fingerprint density at radius 1 is 1.56 bits per heavy atom. The normalized spacial score (nSPS) is 19.7. The van der Waals surface area contributed by atoms with Crippen LogP contribution in [0.3, 0.4) is 0 Å². The van der Waals surface area contributed by atoms with Crippen LogP contribution in [-0.2, 0) is 0 Å². The molecule has 1 aliphatic heterocycles. The Morgan fingerprint density at radius 3 is 2.94 bits per heavy atom. The van der Waals surface area contributed by atoms with Gasteiger partial charge in [-0.2, -0.15) is 0 Å². The van der Waals surface area contributed by atoms with Gasteiger partial charge in [-0.3, -0.25) is 10.1 Å². The van der Waals surface area contributed by atoms with Crippen molar-refractivity contribution in [2.75, 3.05) is 25.1 Å². The van der Waals surface area contributed by atoms with Gasteiger partial charge in [0.2, 0.25) is 0 Å². The zero-order valence-electron chi connectivity index (χ0n) is 10.3. The summed E-state index contributed by atoms with van der Waals surface area (Å²) in [4.78, 5) is 12.7. The van der Waals surface area contributed by atoms with Crippen LogP contribution >= 0.6 is 0 Å². The topological polar surface area (TPSA) is 81.6 Å². The Morgan fingerprint density at radius 2 is 2.33 bits per heavy atom. The lowest BCUT2D eigenvalue weighted by molar-refractivity contribution is -0.384. The molecular formula is C12H17N3O3. The first-order valence-electron chi connectivity index (χ1n) is 5.95. The molecule has 1 saturated heterocycles. The minimum atomic E-state index is -0.377. The lowest BCUT2D eigenvalue weighted by Crippen LogP contribution is -2.43. The first-order valence-corrected chi connectivity index (χ1v) is 5.95. The second kappa shape index (κ2) is 5.22. The standard InChI is InChI=1S/C12H17N3O3/c1-18-10-4-5-11(12(7-10)15(16)17)14-6-2-3-9(13)8-14/h4-5,7,9H,2-3,6,8,13H2,1H3/t9-/m1/s1. The summed E-state index contributed by atoms with van der Waals surface area (Å²) in [6.07, 6.45) is 1.94. The number of anilines is 1. The zero-order valence-corrected chi connectivity index (χ0v) is 10.3. The van der Waals surface area contributed by atoms with Gasteiger partial charge in [0.15, 0.2) is 0 Å². The molecule has 2 rings (SSSR count). The maximum absolute atomic E-state index is 11.1. The number of nitrogens with zero attached hydrogens (tertiary/aromatic N) is 2. The van der Waals surface area contributed by atoms with Crippen LogP contribution in [0, 0.1) is 10.1 Å². The van der Waals surface area contributed by atoms with Crippen molar-refractivity contribution in [2.24, 2.45) is 5.73 Å². The number of nitro benzene ring substituents is 1. The van der Waals surface area contributed by atoms with Crippen molar-refractivity contribution in [1.82, 2.24) is 0 Å². The summed E-state index contributed by atoms with van der Waals surface area (Å²) in [5, 5.41) is 11.1. The third-order valence-electron chi connectivity index (χ3n) is 3.18. The molecule has 6 heteroatoms. The number of nitro groups is 1. The Labute approximate surface area is 105 Å². The van der Waals surface area contributed by atoms with Gasteiger partial charge in [0.25, 0.3) is 5.69 Å². The second-order valence-corrected chi connectivity index (χ2v) is 4.46. The highest BCUT2D eigenvalue weighted by molar-refractivity contribution is 5.65. The number of piperidine rings is 1. The summed E-state index contributed by atoms with van der Waals surface area (Å²) in [5.41, 5.74) is 6.60. The van der Waals surface area contributed by atoms with Gasteiger partial charge in [0.1, 0.15) is 11.4 Å². The molecule has 18 heavy (non-hydrogen) atoms. The van der Waals surface area contributed by atoms with E-state index >= 15 is 0 Å². The van der Waals surface area contributed by atoms with Gasteiger partial charge in [-0.25, -0.2) is 0 Å². The van der Waals surface area contributed by atoms with Gasteiger partial charge in [-0.15, -0.1) is 0 Å². The van der Waals surface area contributed by atoms with Gasteiger partial charge < -0.3 is 15.4 Å². The fourth-order valence-corrected chi connectivity index (χ4v) is 2.27. The highest BCUT2D eigenvalue weighted by atomic mass is 16.6. The Balaban J connectivity index is 2.33. The van der Waals surface area contributed by atoms with E-state index < -0.39 is 0 Å². The van der Waals surface area contributed by atoms with E-state index in [2.05, 4.69) is 0 Å². The minimum absolute atomic E-state index is 0.0726. The van der Waals surface area contributed by atoms with Crippen molar-refractivity contribution in [3.05, 3.63) is 28.3 Å². The molecule has 1 heterocycles. The fraction of sp³-hybridized carbons (Fsp3) is 0.500. The number of ether oxygens (including phenoxy) is 1. The van der Waals surface area contributed by atoms with Crippen molar-refractivity contribution in [1.29, 1.82) is 0 Å². The molecule has 1 fully saturated rings. The fourth-order valence-electron chi connectivity index (χ4n) is 2.27. The summed E-state index contributed by atoms with van der Waals surface area (Å²) < 4.78 is 5.02. The van der Waals surface area contributed by atoms with E-state index in [1.54, 1.807) is 12.1 Å². The quantitative estimate of drug-likeness (QED) is 0.650. The SMILES string of the molecule is COc1ccc(N2CCC[C@@H](N)C2)c([N+](=O)[O-])c1. The largest absolute Gasteiger partial charge is 0.496 e. The summed E-state index contributed by atoms with van der Waals surface area (Å²) >= 11 is 0. The van der Waals surface area contributed by atoms with Crippen molar-refractivity contribution in [2.45, 2.75) is 18.9 Å². The summed E-state index contributed by atoms with van der Waals surface area (Å²) in [7, 11) is 1.50. The first-order chi connectivity index (χ1) is 8.61. The van der Waals surface area contributed by atoms with Gasteiger partial charge in [-0.05, 0) is 25.0 Å². The second-order valence-electron chi connectivity index (χ2n) is 4.46. The molecule has 6 nitrogen and oxygen atoms in total. The maximum Gasteiger partial charge on any atom is 0.296 e. The smallest absolute Gasteiger partial charge is 0.296 e. The van der Waals surface area contributed by atoms with Crippen LogP contribution in [0.5, 0.6) is 5.75 Å². The van der Waals surface area contributed by atoms with Crippen LogP contribution in [0.15, 0.2) is 18.2 Å². The lowest BCUT2D eigenvalue weighted by Gasteiger charge is -2.32. The van der Waals surface area contributed by atoms with Crippen LogP contribution in [0.25, 0.3) is 0 Å². The van der Waals surface area contributed by atoms with E-state index in [0.717, 1.165) is 19.4 Å². The number of methoxy groups -OCH3 is 1. The molecule has 0 unspecified atom stereocenters. The van der Waals surface area contributed by atoms with Crippen LogP contribution in [0.1, 0.15) is 12.8 Å². The molecule has 0 spiro atoms. The van der Waals surface area contributed by atoms with E-state index in [1.165, 1.54) is 13.2 Å². The molecule has 1 atom stereocenters. The summed E-state index contributed by atoms with van der Waals surface area (Å²) in [6.45, 7) is 1.47. The molecule has 1 aromatic carbocycles. The molecule has 0 radical (unpaired) electrons. The Kier molecular flexibility index (Phi) is 3.66. The van der Waals surface area contributed by atoms with Gasteiger partial charge in [0.05, 0.1) is 18.1 Å². The van der Waals surface area contributed by atoms with E-state index in [9.17, 15) is 10.1 Å². The number of hydrogen-bond donors (Lipinski definition) is 1. The predicted molar refractivity (Wildman–Crippen MR) is 69.1 cm³/mol. The molecule has 0 amide bonds. The molecule has 0 aliphatic carbocycles. The van der Waals surface area contributed by atoms with Gasteiger partial charge in [0, 0.05) is 19.1 Å². The summed E-state index contributed by atoms with van der Waals surface area (Å²) in [6, 6.07) is 5.01. The van der Waals surface area contributed by atoms with E-state index in [-0.39, 0.29) is 16.7 Å². The molecule has 1 aromatic rings. The van der Waals surface area contributed by atoms with Gasteiger partial charge in [-0.1, -0.05) is 0 Å². The lowest BCUT2D eigenvalue weighted by atomic mass is 10.1. The number of rotatable bonds is 3. The van der Waals surface area contributed by atoms with Crippen LogP contribution in [0.4, 0.5) is 11.4 Å².